The normalized spacial score (nSPS) is 46.7. The van der Waals surface area contributed by atoms with Crippen LogP contribution in [0.25, 0.3) is 0 Å². The Labute approximate surface area is 122 Å². The van der Waals surface area contributed by atoms with Crippen molar-refractivity contribution in [1.29, 1.82) is 0 Å². The number of rotatable bonds is 0. The zero-order chi connectivity index (χ0) is 10.5. The summed E-state index contributed by atoms with van der Waals surface area (Å²) in [5.74, 6) is 7.50. The van der Waals surface area contributed by atoms with E-state index in [1.165, 1.54) is 61.2 Å². The molecule has 7 aliphatic rings. The molecule has 7 aliphatic carbocycles. The molecule has 0 aromatic heterocycles. The van der Waals surface area contributed by atoms with Gasteiger partial charge in [-0.3, -0.25) is 0 Å². The van der Waals surface area contributed by atoms with Crippen LogP contribution in [-0.4, -0.2) is 0 Å². The lowest BCUT2D eigenvalue weighted by molar-refractivity contribution is 0.504. The molecule has 19 heavy (non-hydrogen) atoms. The van der Waals surface area contributed by atoms with Crippen molar-refractivity contribution >= 4 is 0 Å². The molecule has 0 atom stereocenters. The predicted molar refractivity (Wildman–Crippen MR) is 87.3 cm³/mol. The minimum Gasteiger partial charge on any atom is -0.0776 e. The lowest BCUT2D eigenvalue weighted by Crippen LogP contribution is -1.85. The molecule has 0 amide bonds. The molecule has 0 saturated heterocycles. The van der Waals surface area contributed by atoms with Crippen LogP contribution in [-0.2, 0) is 0 Å². The molecule has 0 bridgehead atoms. The lowest BCUT2D eigenvalue weighted by atomic mass is 10.0. The fourth-order valence-electron chi connectivity index (χ4n) is 1.90. The van der Waals surface area contributed by atoms with E-state index in [1.54, 1.807) is 38.5 Å². The third kappa shape index (κ3) is 5.88. The largest absolute Gasteiger partial charge is 0.0776 e. The Balaban J connectivity index is 0.000000120. The van der Waals surface area contributed by atoms with Gasteiger partial charge in [-0.15, -0.1) is 0 Å². The van der Waals surface area contributed by atoms with Gasteiger partial charge in [0.2, 0.25) is 0 Å². The molecule has 0 spiro atoms. The highest BCUT2D eigenvalue weighted by Gasteiger charge is 2.53. The Morgan fingerprint density at radius 1 is 0.316 bits per heavy atom. The third-order valence-corrected chi connectivity index (χ3v) is 5.41. The van der Waals surface area contributed by atoms with E-state index in [0.29, 0.717) is 0 Å². The molecule has 0 unspecified atom stereocenters. The van der Waals surface area contributed by atoms with E-state index in [1.807, 2.05) is 0 Å². The van der Waals surface area contributed by atoms with Gasteiger partial charge in [0.15, 0.2) is 0 Å². The van der Waals surface area contributed by atoms with Crippen molar-refractivity contribution in [2.45, 2.75) is 86.5 Å². The Kier molecular flexibility index (Phi) is 5.96. The minimum atomic E-state index is 0. The Morgan fingerprint density at radius 3 is 0.421 bits per heavy atom. The minimum absolute atomic E-state index is 0. The second-order valence-corrected chi connectivity index (χ2v) is 7.39. The lowest BCUT2D eigenvalue weighted by Gasteiger charge is -2.05. The van der Waals surface area contributed by atoms with Gasteiger partial charge in [0, 0.05) is 0 Å². The molecular formula is C19H38. The second kappa shape index (κ2) is 6.64. The van der Waals surface area contributed by atoms with Gasteiger partial charge in [0.05, 0.1) is 0 Å². The highest BCUT2D eigenvalue weighted by molar-refractivity contribution is 5.03. The first kappa shape index (κ1) is 17.1. The molecule has 0 heterocycles. The van der Waals surface area contributed by atoms with Gasteiger partial charge in [0.1, 0.15) is 0 Å². The summed E-state index contributed by atoms with van der Waals surface area (Å²) in [4.78, 5) is 0. The van der Waals surface area contributed by atoms with E-state index in [-0.39, 0.29) is 22.3 Å². The van der Waals surface area contributed by atoms with Crippen molar-refractivity contribution in [2.75, 3.05) is 0 Å². The Bertz CT molecular complexity index is 187. The SMILES string of the molecule is C.C.C.C1C2CC12.C1C2CC12.C1C2CC12.C1CCC1. The standard InChI is InChI=1S/3C4H6.C4H8.3CH4/c3*1-3-2-4(1)3;1-2-4-3-1;;;/h3*3-4H,1-2H2;1-4H2;3*1H4. The maximum Gasteiger partial charge on any atom is -0.0380 e. The topological polar surface area (TPSA) is 0 Å². The molecule has 0 N–H and O–H groups in total. The van der Waals surface area contributed by atoms with Crippen LogP contribution in [0.2, 0.25) is 0 Å². The van der Waals surface area contributed by atoms with Crippen LogP contribution in [0.15, 0.2) is 0 Å². The third-order valence-electron chi connectivity index (χ3n) is 5.41. The molecule has 0 aromatic rings. The van der Waals surface area contributed by atoms with Crippen LogP contribution in [0.1, 0.15) is 86.5 Å². The number of hydrogen-bond acceptors (Lipinski definition) is 0. The summed E-state index contributed by atoms with van der Waals surface area (Å²) < 4.78 is 0. The van der Waals surface area contributed by atoms with Crippen LogP contribution in [0.3, 0.4) is 0 Å². The summed E-state index contributed by atoms with van der Waals surface area (Å²) in [6.07, 6.45) is 15.5. The van der Waals surface area contributed by atoms with Crippen molar-refractivity contribution in [2.24, 2.45) is 35.5 Å². The first-order valence-corrected chi connectivity index (χ1v) is 7.90. The van der Waals surface area contributed by atoms with Crippen molar-refractivity contribution in [3.8, 4) is 0 Å². The van der Waals surface area contributed by atoms with E-state index in [2.05, 4.69) is 0 Å². The van der Waals surface area contributed by atoms with Gasteiger partial charge >= 0.3 is 0 Å². The summed E-state index contributed by atoms with van der Waals surface area (Å²) in [6, 6.07) is 0. The van der Waals surface area contributed by atoms with Crippen molar-refractivity contribution in [3.63, 3.8) is 0 Å². The van der Waals surface area contributed by atoms with Gasteiger partial charge in [-0.2, -0.15) is 0 Å². The maximum absolute atomic E-state index is 1.58. The monoisotopic (exact) mass is 266 g/mol. The summed E-state index contributed by atoms with van der Waals surface area (Å²) in [5, 5.41) is 0. The van der Waals surface area contributed by atoms with Crippen LogP contribution in [0.5, 0.6) is 0 Å². The van der Waals surface area contributed by atoms with Crippen LogP contribution < -0.4 is 0 Å². The zero-order valence-corrected chi connectivity index (χ0v) is 10.5. The second-order valence-electron chi connectivity index (χ2n) is 7.39. The first-order chi connectivity index (χ1) is 7.90. The first-order valence-electron chi connectivity index (χ1n) is 7.90. The van der Waals surface area contributed by atoms with Gasteiger partial charge < -0.3 is 0 Å². The average Bonchev–Trinajstić information content (AvgIpc) is 2.59. The van der Waals surface area contributed by atoms with E-state index >= 15 is 0 Å². The zero-order valence-electron chi connectivity index (χ0n) is 10.5. The molecule has 7 saturated carbocycles. The summed E-state index contributed by atoms with van der Waals surface area (Å²) in [5.41, 5.74) is 0. The molecule has 0 aromatic carbocycles. The highest BCUT2D eigenvalue weighted by atomic mass is 14.6. The van der Waals surface area contributed by atoms with Crippen LogP contribution in [0, 0.1) is 35.5 Å². The Morgan fingerprint density at radius 2 is 0.421 bits per heavy atom. The summed E-state index contributed by atoms with van der Waals surface area (Å²) in [6.45, 7) is 0. The number of hydrogen-bond donors (Lipinski definition) is 0. The Hall–Kier alpha value is 0. The van der Waals surface area contributed by atoms with Crippen LogP contribution >= 0.6 is 0 Å². The van der Waals surface area contributed by atoms with E-state index in [4.69, 9.17) is 0 Å². The average molecular weight is 267 g/mol. The van der Waals surface area contributed by atoms with E-state index < -0.39 is 0 Å². The maximum atomic E-state index is 1.58. The fraction of sp³-hybridized carbons (Fsp3) is 1.00. The van der Waals surface area contributed by atoms with Gasteiger partial charge in [-0.1, -0.05) is 48.0 Å². The van der Waals surface area contributed by atoms with Crippen LogP contribution in [0.4, 0.5) is 0 Å². The smallest absolute Gasteiger partial charge is 0.0380 e. The molecule has 114 valence electrons. The van der Waals surface area contributed by atoms with Crippen molar-refractivity contribution in [3.05, 3.63) is 0 Å². The predicted octanol–water partition coefficient (Wildman–Crippen LogP) is 6.55. The van der Waals surface area contributed by atoms with Crippen molar-refractivity contribution < 1.29 is 0 Å². The number of fused-ring (bicyclic) bond motifs is 3. The quantitative estimate of drug-likeness (QED) is 0.466. The van der Waals surface area contributed by atoms with E-state index in [9.17, 15) is 0 Å². The molecule has 7 fully saturated rings. The molecule has 0 radical (unpaired) electrons. The molecule has 7 rings (SSSR count). The highest BCUT2D eigenvalue weighted by Crippen LogP contribution is 2.63. The summed E-state index contributed by atoms with van der Waals surface area (Å²) >= 11 is 0. The van der Waals surface area contributed by atoms with Crippen molar-refractivity contribution in [1.82, 2.24) is 0 Å². The molecule has 0 heteroatoms. The van der Waals surface area contributed by atoms with Gasteiger partial charge in [0.25, 0.3) is 0 Å². The molecular weight excluding hydrogens is 228 g/mol. The van der Waals surface area contributed by atoms with Gasteiger partial charge in [-0.05, 0) is 74.0 Å². The molecule has 0 nitrogen and oxygen atoms in total. The molecule has 0 aliphatic heterocycles. The fourth-order valence-corrected chi connectivity index (χ4v) is 1.90. The van der Waals surface area contributed by atoms with E-state index in [0.717, 1.165) is 0 Å². The van der Waals surface area contributed by atoms with Gasteiger partial charge in [-0.25, -0.2) is 0 Å². The summed E-state index contributed by atoms with van der Waals surface area (Å²) in [7, 11) is 0.